The lowest BCUT2D eigenvalue weighted by Crippen LogP contribution is -2.09. The van der Waals surface area contributed by atoms with Gasteiger partial charge >= 0.3 is 5.97 Å². The molecule has 0 fully saturated rings. The molecule has 0 N–H and O–H groups in total. The minimum atomic E-state index is -0.572. The lowest BCUT2D eigenvalue weighted by Gasteiger charge is -2.06. The maximum atomic E-state index is 13.0. The van der Waals surface area contributed by atoms with E-state index in [1.54, 1.807) is 67.9 Å². The van der Waals surface area contributed by atoms with Gasteiger partial charge in [-0.25, -0.2) is 4.79 Å². The second kappa shape index (κ2) is 8.27. The van der Waals surface area contributed by atoms with E-state index in [-0.39, 0.29) is 17.3 Å². The van der Waals surface area contributed by atoms with E-state index in [1.165, 1.54) is 6.07 Å². The molecule has 0 saturated carbocycles. The van der Waals surface area contributed by atoms with Crippen molar-refractivity contribution in [3.63, 3.8) is 0 Å². The number of benzene rings is 2. The molecule has 2 aromatic carbocycles. The van der Waals surface area contributed by atoms with E-state index in [0.29, 0.717) is 46.0 Å². The van der Waals surface area contributed by atoms with Crippen molar-refractivity contribution in [1.29, 1.82) is 0 Å². The Morgan fingerprint density at radius 2 is 1.85 bits per heavy atom. The third-order valence-electron chi connectivity index (χ3n) is 5.21. The number of aryl methyl sites for hydroxylation is 1. The highest BCUT2D eigenvalue weighted by Gasteiger charge is 2.28. The van der Waals surface area contributed by atoms with Crippen LogP contribution in [0.25, 0.3) is 17.0 Å². The van der Waals surface area contributed by atoms with Gasteiger partial charge < -0.3 is 18.6 Å². The van der Waals surface area contributed by atoms with Gasteiger partial charge in [-0.2, -0.15) is 0 Å². The SMILES string of the molecule is CCOc1ccc2oc(C)c(C(=O)Oc3ccc4c(c3)O/C(=C\c3ccncc3)C4=O)c2c1. The van der Waals surface area contributed by atoms with Gasteiger partial charge in [-0.1, -0.05) is 0 Å². The van der Waals surface area contributed by atoms with Crippen LogP contribution in [0.4, 0.5) is 0 Å². The average molecular weight is 441 g/mol. The number of Topliss-reactive ketones (excluding diaryl/α,β-unsaturated/α-hetero) is 1. The van der Waals surface area contributed by atoms with Gasteiger partial charge in [0.2, 0.25) is 5.78 Å². The molecule has 1 aliphatic rings. The van der Waals surface area contributed by atoms with Crippen LogP contribution in [-0.4, -0.2) is 23.3 Å². The van der Waals surface area contributed by atoms with Crippen LogP contribution in [0.2, 0.25) is 0 Å². The highest BCUT2D eigenvalue weighted by atomic mass is 16.5. The van der Waals surface area contributed by atoms with Gasteiger partial charge in [0.05, 0.1) is 12.2 Å². The summed E-state index contributed by atoms with van der Waals surface area (Å²) in [6.07, 6.45) is 4.91. The lowest BCUT2D eigenvalue weighted by atomic mass is 10.1. The quantitative estimate of drug-likeness (QED) is 0.234. The van der Waals surface area contributed by atoms with Gasteiger partial charge in [-0.05, 0) is 68.0 Å². The maximum Gasteiger partial charge on any atom is 0.347 e. The number of nitrogens with zero attached hydrogens (tertiary/aromatic N) is 1. The van der Waals surface area contributed by atoms with Gasteiger partial charge in [0, 0.05) is 23.8 Å². The predicted octanol–water partition coefficient (Wildman–Crippen LogP) is 5.37. The number of rotatable bonds is 5. The van der Waals surface area contributed by atoms with Crippen LogP contribution in [0.5, 0.6) is 17.2 Å². The molecule has 0 atom stereocenters. The topological polar surface area (TPSA) is 87.9 Å². The summed E-state index contributed by atoms with van der Waals surface area (Å²) in [6, 6.07) is 13.5. The van der Waals surface area contributed by atoms with E-state index < -0.39 is 5.97 Å². The lowest BCUT2D eigenvalue weighted by molar-refractivity contribution is 0.0734. The molecule has 0 saturated heterocycles. The van der Waals surface area contributed by atoms with E-state index in [2.05, 4.69) is 4.98 Å². The van der Waals surface area contributed by atoms with E-state index in [1.807, 2.05) is 6.92 Å². The van der Waals surface area contributed by atoms with Crippen molar-refractivity contribution in [2.75, 3.05) is 6.61 Å². The van der Waals surface area contributed by atoms with E-state index in [9.17, 15) is 9.59 Å². The molecular weight excluding hydrogens is 422 g/mol. The number of aromatic nitrogens is 1. The van der Waals surface area contributed by atoms with Gasteiger partial charge in [0.1, 0.15) is 34.2 Å². The van der Waals surface area contributed by atoms with E-state index in [0.717, 1.165) is 5.56 Å². The number of carbonyl (C=O) groups excluding carboxylic acids is 2. The molecule has 0 bridgehead atoms. The number of ketones is 1. The van der Waals surface area contributed by atoms with Gasteiger partial charge in [0.15, 0.2) is 5.76 Å². The monoisotopic (exact) mass is 441 g/mol. The Balaban J connectivity index is 1.41. The zero-order chi connectivity index (χ0) is 22.9. The predicted molar refractivity (Wildman–Crippen MR) is 121 cm³/mol. The smallest absolute Gasteiger partial charge is 0.347 e. The summed E-state index contributed by atoms with van der Waals surface area (Å²) >= 11 is 0. The molecule has 5 rings (SSSR count). The average Bonchev–Trinajstić information content (AvgIpc) is 3.30. The number of hydrogen-bond donors (Lipinski definition) is 0. The molecule has 7 nitrogen and oxygen atoms in total. The van der Waals surface area contributed by atoms with E-state index in [4.69, 9.17) is 18.6 Å². The Kier molecular flexibility index (Phi) is 5.14. The molecule has 0 spiro atoms. The van der Waals surface area contributed by atoms with Crippen LogP contribution in [-0.2, 0) is 0 Å². The Morgan fingerprint density at radius 1 is 1.06 bits per heavy atom. The molecule has 0 aliphatic carbocycles. The zero-order valence-corrected chi connectivity index (χ0v) is 18.0. The van der Waals surface area contributed by atoms with Crippen molar-refractivity contribution < 1.29 is 28.2 Å². The van der Waals surface area contributed by atoms with Crippen LogP contribution in [0.15, 0.2) is 71.1 Å². The van der Waals surface area contributed by atoms with Crippen LogP contribution in [0.3, 0.4) is 0 Å². The fraction of sp³-hybridized carbons (Fsp3) is 0.115. The van der Waals surface area contributed by atoms with Gasteiger partial charge in [-0.15, -0.1) is 0 Å². The Labute approximate surface area is 189 Å². The molecule has 7 heteroatoms. The van der Waals surface area contributed by atoms with Crippen LogP contribution < -0.4 is 14.2 Å². The molecule has 0 amide bonds. The van der Waals surface area contributed by atoms with Crippen molar-refractivity contribution in [3.05, 3.63) is 89.1 Å². The first kappa shape index (κ1) is 20.5. The number of furan rings is 1. The first-order valence-corrected chi connectivity index (χ1v) is 10.4. The van der Waals surface area contributed by atoms with Crippen LogP contribution >= 0.6 is 0 Å². The molecule has 0 radical (unpaired) electrons. The van der Waals surface area contributed by atoms with Crippen LogP contribution in [0.1, 0.15) is 39.0 Å². The number of ether oxygens (including phenoxy) is 3. The van der Waals surface area contributed by atoms with E-state index >= 15 is 0 Å². The summed E-state index contributed by atoms with van der Waals surface area (Å²) in [7, 11) is 0. The summed E-state index contributed by atoms with van der Waals surface area (Å²) in [4.78, 5) is 29.6. The first-order valence-electron chi connectivity index (χ1n) is 10.4. The number of carbonyl (C=O) groups is 2. The van der Waals surface area contributed by atoms with Crippen molar-refractivity contribution in [3.8, 4) is 17.2 Å². The Bertz CT molecular complexity index is 1420. The fourth-order valence-electron chi connectivity index (χ4n) is 3.71. The summed E-state index contributed by atoms with van der Waals surface area (Å²) in [5.74, 6) is 1.05. The Hall–Kier alpha value is -4.39. The molecule has 1 aliphatic heterocycles. The van der Waals surface area contributed by atoms with Crippen LogP contribution in [0, 0.1) is 6.92 Å². The highest BCUT2D eigenvalue weighted by molar-refractivity contribution is 6.14. The minimum Gasteiger partial charge on any atom is -0.494 e. The summed E-state index contributed by atoms with van der Waals surface area (Å²) in [5.41, 5.74) is 2.09. The number of allylic oxidation sites excluding steroid dienone is 1. The third kappa shape index (κ3) is 3.85. The standard InChI is InChI=1S/C26H19NO6/c1-3-30-17-5-7-21-20(13-17)24(15(2)31-21)26(29)32-18-4-6-19-22(14-18)33-23(25(19)28)12-16-8-10-27-11-9-16/h4-14H,3H2,1-2H3/b23-12-. The largest absolute Gasteiger partial charge is 0.494 e. The summed E-state index contributed by atoms with van der Waals surface area (Å²) in [5, 5.41) is 0.610. The molecule has 164 valence electrons. The maximum absolute atomic E-state index is 13.0. The third-order valence-corrected chi connectivity index (χ3v) is 5.21. The molecule has 3 heterocycles. The number of hydrogen-bond acceptors (Lipinski definition) is 7. The first-order chi connectivity index (χ1) is 16.0. The summed E-state index contributed by atoms with van der Waals surface area (Å²) in [6.45, 7) is 4.10. The summed E-state index contributed by atoms with van der Waals surface area (Å²) < 4.78 is 22.6. The highest BCUT2D eigenvalue weighted by Crippen LogP contribution is 2.36. The fourth-order valence-corrected chi connectivity index (χ4v) is 3.71. The van der Waals surface area contributed by atoms with Crippen molar-refractivity contribution in [2.24, 2.45) is 0 Å². The number of pyridine rings is 1. The van der Waals surface area contributed by atoms with Crippen molar-refractivity contribution >= 4 is 28.8 Å². The number of esters is 1. The number of fused-ring (bicyclic) bond motifs is 2. The van der Waals surface area contributed by atoms with Crippen molar-refractivity contribution in [2.45, 2.75) is 13.8 Å². The van der Waals surface area contributed by atoms with Crippen molar-refractivity contribution in [1.82, 2.24) is 4.98 Å². The van der Waals surface area contributed by atoms with Gasteiger partial charge in [-0.3, -0.25) is 9.78 Å². The molecule has 4 aromatic rings. The second-order valence-corrected chi connectivity index (χ2v) is 7.39. The molecule has 33 heavy (non-hydrogen) atoms. The zero-order valence-electron chi connectivity index (χ0n) is 18.0. The minimum absolute atomic E-state index is 0.194. The normalized spacial score (nSPS) is 13.8. The molecule has 0 unspecified atom stereocenters. The molecular formula is C26H19NO6. The van der Waals surface area contributed by atoms with Gasteiger partial charge in [0.25, 0.3) is 0 Å². The second-order valence-electron chi connectivity index (χ2n) is 7.39. The molecule has 2 aromatic heterocycles. The Morgan fingerprint density at radius 3 is 2.64 bits per heavy atom.